The molecule has 1 N–H and O–H groups in total. The van der Waals surface area contributed by atoms with Gasteiger partial charge in [-0.3, -0.25) is 14.8 Å². The van der Waals surface area contributed by atoms with Crippen LogP contribution in [0.4, 0.5) is 34.8 Å². The van der Waals surface area contributed by atoms with Crippen LogP contribution in [0.15, 0.2) is 47.7 Å². The number of nitrogens with zero attached hydrogens (tertiary/aromatic N) is 6. The van der Waals surface area contributed by atoms with Crippen molar-refractivity contribution in [2.75, 3.05) is 16.8 Å². The molecular formula is C22H17F4N7O. The zero-order valence-electron chi connectivity index (χ0n) is 17.8. The van der Waals surface area contributed by atoms with E-state index in [1.807, 2.05) is 11.0 Å². The first-order valence-electron chi connectivity index (χ1n) is 10.3. The molecule has 1 aliphatic rings. The molecule has 0 saturated heterocycles. The highest BCUT2D eigenvalue weighted by Gasteiger charge is 2.34. The second-order valence-electron chi connectivity index (χ2n) is 7.88. The third-order valence-corrected chi connectivity index (χ3v) is 5.50. The van der Waals surface area contributed by atoms with Crippen molar-refractivity contribution in [2.45, 2.75) is 26.1 Å². The normalized spacial score (nSPS) is 13.7. The summed E-state index contributed by atoms with van der Waals surface area (Å²) in [6, 6.07) is 5.22. The molecule has 0 radical (unpaired) electrons. The van der Waals surface area contributed by atoms with Crippen LogP contribution in [0.25, 0.3) is 5.65 Å². The Morgan fingerprint density at radius 2 is 1.97 bits per heavy atom. The van der Waals surface area contributed by atoms with E-state index in [1.165, 1.54) is 18.3 Å². The molecule has 5 rings (SSSR count). The number of halogens is 4. The second-order valence-corrected chi connectivity index (χ2v) is 7.88. The maximum atomic E-state index is 13.9. The fourth-order valence-corrected chi connectivity index (χ4v) is 3.89. The number of pyridine rings is 2. The Kier molecular flexibility index (Phi) is 5.14. The first kappa shape index (κ1) is 21.7. The minimum atomic E-state index is -4.73. The summed E-state index contributed by atoms with van der Waals surface area (Å²) in [7, 11) is 0. The third kappa shape index (κ3) is 4.02. The van der Waals surface area contributed by atoms with Gasteiger partial charge in [0.2, 0.25) is 0 Å². The SMILES string of the molecule is Cc1cc2nc(C(F)(F)F)cc(=O)n2nc1N1CCc2ncc(Nc3ccncc3F)cc2C1. The van der Waals surface area contributed by atoms with Gasteiger partial charge in [-0.2, -0.15) is 17.7 Å². The van der Waals surface area contributed by atoms with Crippen molar-refractivity contribution in [3.05, 3.63) is 81.5 Å². The lowest BCUT2D eigenvalue weighted by Gasteiger charge is -2.30. The number of anilines is 3. The van der Waals surface area contributed by atoms with Crippen LogP contribution in [0.5, 0.6) is 0 Å². The van der Waals surface area contributed by atoms with Crippen molar-refractivity contribution in [3.63, 3.8) is 0 Å². The molecule has 174 valence electrons. The summed E-state index contributed by atoms with van der Waals surface area (Å²) >= 11 is 0. The van der Waals surface area contributed by atoms with E-state index in [-0.39, 0.29) is 11.3 Å². The van der Waals surface area contributed by atoms with Crippen LogP contribution in [0, 0.1) is 12.7 Å². The average molecular weight is 471 g/mol. The fourth-order valence-electron chi connectivity index (χ4n) is 3.89. The van der Waals surface area contributed by atoms with Crippen LogP contribution in [-0.4, -0.2) is 31.1 Å². The first-order chi connectivity index (χ1) is 16.2. The molecule has 12 heteroatoms. The van der Waals surface area contributed by atoms with E-state index >= 15 is 0 Å². The Morgan fingerprint density at radius 3 is 2.74 bits per heavy atom. The zero-order valence-corrected chi connectivity index (χ0v) is 17.8. The zero-order chi connectivity index (χ0) is 24.0. The van der Waals surface area contributed by atoms with Crippen molar-refractivity contribution in [3.8, 4) is 0 Å². The van der Waals surface area contributed by atoms with Gasteiger partial charge in [0.25, 0.3) is 5.56 Å². The Morgan fingerprint density at radius 1 is 1.15 bits per heavy atom. The van der Waals surface area contributed by atoms with Crippen molar-refractivity contribution in [1.29, 1.82) is 0 Å². The number of hydrogen-bond donors (Lipinski definition) is 1. The summed E-state index contributed by atoms with van der Waals surface area (Å²) in [5.41, 5.74) is 0.852. The smallest absolute Gasteiger partial charge is 0.352 e. The molecule has 1 aliphatic heterocycles. The molecule has 0 saturated carbocycles. The molecule has 0 fully saturated rings. The van der Waals surface area contributed by atoms with Gasteiger partial charge in [0, 0.05) is 37.5 Å². The van der Waals surface area contributed by atoms with Gasteiger partial charge in [-0.1, -0.05) is 0 Å². The van der Waals surface area contributed by atoms with E-state index in [2.05, 4.69) is 25.4 Å². The predicted octanol–water partition coefficient (Wildman–Crippen LogP) is 3.65. The van der Waals surface area contributed by atoms with E-state index in [4.69, 9.17) is 0 Å². The van der Waals surface area contributed by atoms with E-state index in [0.29, 0.717) is 42.6 Å². The summed E-state index contributed by atoms with van der Waals surface area (Å²) in [5, 5.41) is 7.28. The molecule has 0 spiro atoms. The van der Waals surface area contributed by atoms with Crippen LogP contribution in [0.3, 0.4) is 0 Å². The summed E-state index contributed by atoms with van der Waals surface area (Å²) in [5.74, 6) is -0.0362. The van der Waals surface area contributed by atoms with E-state index in [0.717, 1.165) is 22.0 Å². The lowest BCUT2D eigenvalue weighted by Crippen LogP contribution is -2.33. The number of alkyl halides is 3. The quantitative estimate of drug-likeness (QED) is 0.457. The molecule has 8 nitrogen and oxygen atoms in total. The summed E-state index contributed by atoms with van der Waals surface area (Å²) in [4.78, 5) is 26.0. The molecule has 0 atom stereocenters. The number of hydrogen-bond acceptors (Lipinski definition) is 7. The minimum absolute atomic E-state index is 0.175. The predicted molar refractivity (Wildman–Crippen MR) is 115 cm³/mol. The number of fused-ring (bicyclic) bond motifs is 2. The number of nitrogens with one attached hydrogen (secondary N) is 1. The van der Waals surface area contributed by atoms with Crippen molar-refractivity contribution < 1.29 is 17.6 Å². The van der Waals surface area contributed by atoms with E-state index in [1.54, 1.807) is 13.1 Å². The van der Waals surface area contributed by atoms with E-state index in [9.17, 15) is 22.4 Å². The molecule has 0 unspecified atom stereocenters. The second kappa shape index (κ2) is 8.04. The van der Waals surface area contributed by atoms with Gasteiger partial charge in [0.15, 0.2) is 23.0 Å². The van der Waals surface area contributed by atoms with Crippen LogP contribution in [0.1, 0.15) is 22.5 Å². The summed E-state index contributed by atoms with van der Waals surface area (Å²) in [6.45, 7) is 2.65. The summed E-state index contributed by atoms with van der Waals surface area (Å²) in [6.07, 6.45) is 0.0744. The van der Waals surface area contributed by atoms with Crippen LogP contribution < -0.4 is 15.8 Å². The molecule has 0 bridgehead atoms. The Balaban J connectivity index is 1.47. The van der Waals surface area contributed by atoms with Gasteiger partial charge in [-0.25, -0.2) is 9.37 Å². The van der Waals surface area contributed by atoms with Crippen LogP contribution in [0.2, 0.25) is 0 Å². The maximum Gasteiger partial charge on any atom is 0.433 e. The highest BCUT2D eigenvalue weighted by Crippen LogP contribution is 2.29. The molecule has 0 amide bonds. The minimum Gasteiger partial charge on any atom is -0.352 e. The van der Waals surface area contributed by atoms with E-state index < -0.39 is 23.2 Å². The van der Waals surface area contributed by atoms with Gasteiger partial charge in [-0.05, 0) is 36.2 Å². The number of aromatic nitrogens is 5. The topological polar surface area (TPSA) is 88.3 Å². The molecule has 0 aliphatic carbocycles. The van der Waals surface area contributed by atoms with Crippen molar-refractivity contribution in [1.82, 2.24) is 24.6 Å². The van der Waals surface area contributed by atoms with Gasteiger partial charge in [0.1, 0.15) is 0 Å². The Bertz CT molecular complexity index is 1470. The largest absolute Gasteiger partial charge is 0.433 e. The fraction of sp³-hybridized carbons (Fsp3) is 0.227. The standard InChI is InChI=1S/C22H17F4N7O/c1-12-6-19-30-18(22(24,25)26)8-20(34)33(19)31-21(12)32-5-3-16-13(11-32)7-14(9-28-16)29-17-2-4-27-10-15(17)23/h2,4,6-10H,3,5,11H2,1H3,(H,27,29). The third-order valence-electron chi connectivity index (χ3n) is 5.50. The van der Waals surface area contributed by atoms with Crippen molar-refractivity contribution >= 4 is 22.8 Å². The lowest BCUT2D eigenvalue weighted by atomic mass is 10.0. The molecule has 34 heavy (non-hydrogen) atoms. The summed E-state index contributed by atoms with van der Waals surface area (Å²) < 4.78 is 53.9. The number of rotatable bonds is 3. The van der Waals surface area contributed by atoms with Crippen LogP contribution >= 0.6 is 0 Å². The van der Waals surface area contributed by atoms with Gasteiger partial charge >= 0.3 is 6.18 Å². The van der Waals surface area contributed by atoms with Crippen LogP contribution in [-0.2, 0) is 19.1 Å². The molecule has 4 aromatic rings. The first-order valence-corrected chi connectivity index (χ1v) is 10.3. The highest BCUT2D eigenvalue weighted by atomic mass is 19.4. The molecule has 5 heterocycles. The Hall–Kier alpha value is -4.09. The maximum absolute atomic E-state index is 13.9. The molecular weight excluding hydrogens is 454 g/mol. The van der Waals surface area contributed by atoms with Gasteiger partial charge in [0.05, 0.1) is 23.8 Å². The number of aryl methyl sites for hydroxylation is 1. The van der Waals surface area contributed by atoms with Gasteiger partial charge in [-0.15, -0.1) is 5.10 Å². The Labute approximate surface area is 189 Å². The van der Waals surface area contributed by atoms with Crippen molar-refractivity contribution in [2.24, 2.45) is 0 Å². The van der Waals surface area contributed by atoms with Gasteiger partial charge < -0.3 is 10.2 Å². The highest BCUT2D eigenvalue weighted by molar-refractivity contribution is 5.61. The molecule has 0 aromatic carbocycles. The lowest BCUT2D eigenvalue weighted by molar-refractivity contribution is -0.141. The molecule has 4 aromatic heterocycles. The monoisotopic (exact) mass is 471 g/mol. The average Bonchev–Trinajstić information content (AvgIpc) is 2.79.